The van der Waals surface area contributed by atoms with E-state index in [1.807, 2.05) is 0 Å². The molecule has 0 aromatic carbocycles. The van der Waals surface area contributed by atoms with Crippen molar-refractivity contribution in [2.24, 2.45) is 0 Å². The molecule has 0 saturated heterocycles. The molecule has 0 saturated carbocycles. The van der Waals surface area contributed by atoms with Crippen molar-refractivity contribution in [1.29, 1.82) is 0 Å². The first-order valence-corrected chi connectivity index (χ1v) is 8.34. The van der Waals surface area contributed by atoms with Gasteiger partial charge in [-0.25, -0.2) is 0 Å². The second-order valence-corrected chi connectivity index (χ2v) is 6.29. The van der Waals surface area contributed by atoms with Gasteiger partial charge in [0.25, 0.3) is 0 Å². The van der Waals surface area contributed by atoms with Gasteiger partial charge < -0.3 is 30.6 Å². The Bertz CT molecular complexity index is 105. The van der Waals surface area contributed by atoms with Crippen LogP contribution in [0, 0.1) is 76.3 Å². The van der Waals surface area contributed by atoms with Gasteiger partial charge in [0.05, 0.1) is 0 Å². The van der Waals surface area contributed by atoms with Crippen molar-refractivity contribution >= 4 is 0 Å². The predicted molar refractivity (Wildman–Crippen MR) is 90.8 cm³/mol. The molecule has 0 aromatic rings. The summed E-state index contributed by atoms with van der Waals surface area (Å²) in [5.41, 5.74) is 0. The van der Waals surface area contributed by atoms with Gasteiger partial charge in [0.2, 0.25) is 0 Å². The van der Waals surface area contributed by atoms with Crippen molar-refractivity contribution in [3.8, 4) is 0 Å². The SMILES string of the molecule is CC(C)[O-].CC(C)[O-].CC(C)[O-].CC(C)[O-].CC(C)[O-].CC(C)[O-].[Dy+3].[Dy+3]. The van der Waals surface area contributed by atoms with Crippen LogP contribution in [0.5, 0.6) is 0 Å². The minimum atomic E-state index is -0.417. The molecule has 0 aliphatic heterocycles. The van der Waals surface area contributed by atoms with Gasteiger partial charge in [0, 0.05) is 0 Å². The molecule has 0 aromatic heterocycles. The fraction of sp³-hybridized carbons (Fsp3) is 1.00. The maximum atomic E-state index is 9.53. The Balaban J connectivity index is -0.0000000245. The zero-order chi connectivity index (χ0) is 21.5. The van der Waals surface area contributed by atoms with E-state index in [0.717, 1.165) is 0 Å². The van der Waals surface area contributed by atoms with Crippen LogP contribution >= 0.6 is 0 Å². The number of hydrogen-bond donors (Lipinski definition) is 0. The second kappa shape index (κ2) is 45.8. The largest absolute Gasteiger partial charge is 3.00 e. The third-order valence-corrected chi connectivity index (χ3v) is 0. The van der Waals surface area contributed by atoms with Crippen LogP contribution in [0.4, 0.5) is 0 Å². The van der Waals surface area contributed by atoms with Gasteiger partial charge in [-0.1, -0.05) is 83.1 Å². The summed E-state index contributed by atoms with van der Waals surface area (Å²) in [5.74, 6) is 0. The molecule has 170 valence electrons. The third kappa shape index (κ3) is 3170. The van der Waals surface area contributed by atoms with Crippen LogP contribution in [0.3, 0.4) is 0 Å². The quantitative estimate of drug-likeness (QED) is 0.307. The molecule has 0 aliphatic carbocycles. The zero-order valence-corrected chi connectivity index (χ0v) is 22.6. The maximum Gasteiger partial charge on any atom is 3.00 e. The van der Waals surface area contributed by atoms with Gasteiger partial charge in [0.1, 0.15) is 0 Å². The number of rotatable bonds is 0. The van der Waals surface area contributed by atoms with Crippen molar-refractivity contribution in [3.05, 3.63) is 0 Å². The molecule has 2 radical (unpaired) electrons. The molecule has 0 fully saturated rings. The predicted octanol–water partition coefficient (Wildman–Crippen LogP) is -1.47. The monoisotopic (exact) mass is 682 g/mol. The van der Waals surface area contributed by atoms with E-state index in [0.29, 0.717) is 0 Å². The van der Waals surface area contributed by atoms with E-state index < -0.39 is 36.6 Å². The van der Waals surface area contributed by atoms with Gasteiger partial charge in [-0.15, -0.1) is 36.6 Å². The molecule has 26 heavy (non-hydrogen) atoms. The Kier molecular flexibility index (Phi) is 90.2. The van der Waals surface area contributed by atoms with Crippen molar-refractivity contribution in [1.82, 2.24) is 0 Å². The summed E-state index contributed by atoms with van der Waals surface area (Å²) < 4.78 is 0. The molecular weight excluding hydrogens is 637 g/mol. The minimum absolute atomic E-state index is 0. The van der Waals surface area contributed by atoms with Crippen LogP contribution in [0.2, 0.25) is 0 Å². The molecule has 0 rings (SSSR count). The summed E-state index contributed by atoms with van der Waals surface area (Å²) in [6.45, 7) is 19.3. The second-order valence-electron chi connectivity index (χ2n) is 6.29. The Morgan fingerprint density at radius 3 is 0.269 bits per heavy atom. The van der Waals surface area contributed by atoms with Crippen molar-refractivity contribution in [2.75, 3.05) is 0 Å². The van der Waals surface area contributed by atoms with E-state index in [9.17, 15) is 30.6 Å². The normalized spacial score (nSPS) is 8.31. The molecule has 0 atom stereocenters. The maximum absolute atomic E-state index is 9.53. The van der Waals surface area contributed by atoms with Crippen LogP contribution in [-0.4, -0.2) is 36.6 Å². The van der Waals surface area contributed by atoms with E-state index in [-0.39, 0.29) is 76.3 Å². The van der Waals surface area contributed by atoms with Gasteiger partial charge in [-0.2, -0.15) is 0 Å². The fourth-order valence-corrected chi connectivity index (χ4v) is 0. The van der Waals surface area contributed by atoms with E-state index in [1.54, 1.807) is 83.1 Å². The summed E-state index contributed by atoms with van der Waals surface area (Å²) in [6.07, 6.45) is -2.50. The molecule has 0 N–H and O–H groups in total. The van der Waals surface area contributed by atoms with Crippen molar-refractivity contribution in [2.45, 2.75) is 120 Å². The Morgan fingerprint density at radius 1 is 0.269 bits per heavy atom. The molecule has 0 heterocycles. The van der Waals surface area contributed by atoms with Crippen LogP contribution < -0.4 is 30.6 Å². The average Bonchev–Trinajstić information content (AvgIpc) is 2.08. The Labute approximate surface area is 224 Å². The summed E-state index contributed by atoms with van der Waals surface area (Å²) in [4.78, 5) is 0. The molecular formula is C18H42Dy2O6. The van der Waals surface area contributed by atoms with E-state index in [4.69, 9.17) is 0 Å². The van der Waals surface area contributed by atoms with Crippen LogP contribution in [-0.2, 0) is 0 Å². The Hall–Kier alpha value is 2.31. The average molecular weight is 680 g/mol. The molecule has 0 spiro atoms. The smallest absolute Gasteiger partial charge is 0.852 e. The summed E-state index contributed by atoms with van der Waals surface area (Å²) in [5, 5.41) is 57.2. The summed E-state index contributed by atoms with van der Waals surface area (Å²) >= 11 is 0. The number of hydrogen-bond acceptors (Lipinski definition) is 6. The first-order valence-electron chi connectivity index (χ1n) is 8.34. The van der Waals surface area contributed by atoms with Gasteiger partial charge in [-0.3, -0.25) is 0 Å². The van der Waals surface area contributed by atoms with Gasteiger partial charge in [0.15, 0.2) is 0 Å². The van der Waals surface area contributed by atoms with Crippen LogP contribution in [0.15, 0.2) is 0 Å². The van der Waals surface area contributed by atoms with Crippen molar-refractivity contribution < 1.29 is 107 Å². The molecule has 8 heteroatoms. The van der Waals surface area contributed by atoms with Crippen molar-refractivity contribution in [3.63, 3.8) is 0 Å². The zero-order valence-electron chi connectivity index (χ0n) is 18.5. The first-order chi connectivity index (χ1) is 10.4. The molecule has 0 unspecified atom stereocenters. The first kappa shape index (κ1) is 51.2. The molecule has 6 nitrogen and oxygen atoms in total. The van der Waals surface area contributed by atoms with Gasteiger partial charge >= 0.3 is 76.3 Å². The third-order valence-electron chi connectivity index (χ3n) is 0. The summed E-state index contributed by atoms with van der Waals surface area (Å²) in [6, 6.07) is 0. The van der Waals surface area contributed by atoms with Crippen LogP contribution in [0.25, 0.3) is 0 Å². The fourth-order valence-electron chi connectivity index (χ4n) is 0. The van der Waals surface area contributed by atoms with E-state index in [2.05, 4.69) is 0 Å². The van der Waals surface area contributed by atoms with E-state index in [1.165, 1.54) is 0 Å². The van der Waals surface area contributed by atoms with Gasteiger partial charge in [-0.05, 0) is 0 Å². The molecule has 0 bridgehead atoms. The van der Waals surface area contributed by atoms with Crippen LogP contribution in [0.1, 0.15) is 83.1 Å². The standard InChI is InChI=1S/6C3H7O.2Dy/c6*1-3(2)4;;/h6*3H,1-2H3;;/q6*-1;2*+3. The Morgan fingerprint density at radius 2 is 0.269 bits per heavy atom. The summed E-state index contributed by atoms with van der Waals surface area (Å²) in [7, 11) is 0. The molecule has 0 aliphatic rings. The topological polar surface area (TPSA) is 138 Å². The minimum Gasteiger partial charge on any atom is -0.852 e. The molecule has 0 amide bonds. The van der Waals surface area contributed by atoms with E-state index >= 15 is 0 Å².